The first-order valence-corrected chi connectivity index (χ1v) is 6.91. The van der Waals surface area contributed by atoms with E-state index in [1.165, 1.54) is 12.1 Å². The van der Waals surface area contributed by atoms with Crippen LogP contribution >= 0.6 is 11.3 Å². The number of carbonyl (C=O) groups excluding carboxylic acids is 1. The van der Waals surface area contributed by atoms with Crippen LogP contribution in [0.1, 0.15) is 21.6 Å². The second-order valence-electron chi connectivity index (χ2n) is 4.06. The molecule has 7 heteroatoms. The van der Waals surface area contributed by atoms with Crippen LogP contribution in [-0.4, -0.2) is 17.4 Å². The van der Waals surface area contributed by atoms with Gasteiger partial charge in [0.1, 0.15) is 5.82 Å². The molecule has 1 aromatic carbocycles. The summed E-state index contributed by atoms with van der Waals surface area (Å²) in [6.45, 7) is 0.314. The minimum absolute atomic E-state index is 0.0779. The molecule has 0 bridgehead atoms. The highest BCUT2D eigenvalue weighted by Crippen LogP contribution is 2.10. The fraction of sp³-hybridized carbons (Fsp3) is 0.143. The number of nitrogens with two attached hydrogens (primary N) is 1. The molecule has 1 heterocycles. The van der Waals surface area contributed by atoms with E-state index in [0.29, 0.717) is 11.3 Å². The SMILES string of the molecule is NCC#Cc1ccc(C(=O)NCc2csc(=O)[nH]2)c(F)c1. The molecule has 21 heavy (non-hydrogen) atoms. The highest BCUT2D eigenvalue weighted by molar-refractivity contribution is 7.07. The van der Waals surface area contributed by atoms with E-state index in [9.17, 15) is 14.0 Å². The van der Waals surface area contributed by atoms with Gasteiger partial charge in [-0.1, -0.05) is 23.2 Å². The van der Waals surface area contributed by atoms with Gasteiger partial charge in [0.05, 0.1) is 18.7 Å². The van der Waals surface area contributed by atoms with Crippen LogP contribution in [0.3, 0.4) is 0 Å². The third-order valence-electron chi connectivity index (χ3n) is 2.56. The second kappa shape index (κ2) is 6.83. The lowest BCUT2D eigenvalue weighted by molar-refractivity contribution is 0.0946. The van der Waals surface area contributed by atoms with Gasteiger partial charge in [-0.15, -0.1) is 0 Å². The average Bonchev–Trinajstić information content (AvgIpc) is 2.88. The fourth-order valence-corrected chi connectivity index (χ4v) is 2.18. The van der Waals surface area contributed by atoms with Crippen molar-refractivity contribution in [3.63, 3.8) is 0 Å². The molecular formula is C14H12FN3O2S. The standard InChI is InChI=1S/C14H12FN3O2S/c15-12-6-9(2-1-5-16)3-4-11(12)13(19)17-7-10-8-21-14(20)18-10/h3-4,6,8H,5,7,16H2,(H,17,19)(H,18,20). The number of halogens is 1. The van der Waals surface area contributed by atoms with Crippen molar-refractivity contribution >= 4 is 17.2 Å². The Morgan fingerprint density at radius 1 is 1.48 bits per heavy atom. The highest BCUT2D eigenvalue weighted by atomic mass is 32.1. The molecule has 2 aromatic rings. The van der Waals surface area contributed by atoms with Crippen LogP contribution in [0.5, 0.6) is 0 Å². The molecule has 0 radical (unpaired) electrons. The number of rotatable bonds is 3. The zero-order valence-electron chi connectivity index (χ0n) is 10.9. The predicted molar refractivity (Wildman–Crippen MR) is 78.4 cm³/mol. The van der Waals surface area contributed by atoms with Crippen LogP contribution in [-0.2, 0) is 6.54 Å². The molecule has 0 aliphatic rings. The first-order valence-electron chi connectivity index (χ1n) is 6.03. The minimum Gasteiger partial charge on any atom is -0.346 e. The van der Waals surface area contributed by atoms with E-state index >= 15 is 0 Å². The van der Waals surface area contributed by atoms with Crippen LogP contribution in [0.25, 0.3) is 0 Å². The van der Waals surface area contributed by atoms with Gasteiger partial charge in [-0.2, -0.15) is 0 Å². The highest BCUT2D eigenvalue weighted by Gasteiger charge is 2.12. The second-order valence-corrected chi connectivity index (χ2v) is 4.90. The van der Waals surface area contributed by atoms with Crippen molar-refractivity contribution in [3.8, 4) is 11.8 Å². The molecular weight excluding hydrogens is 293 g/mol. The summed E-state index contributed by atoms with van der Waals surface area (Å²) in [6, 6.07) is 4.10. The van der Waals surface area contributed by atoms with E-state index in [1.54, 1.807) is 11.4 Å². The normalized spacial score (nSPS) is 9.81. The number of H-pyrrole nitrogens is 1. The van der Waals surface area contributed by atoms with E-state index in [1.807, 2.05) is 0 Å². The van der Waals surface area contributed by atoms with Crippen LogP contribution in [0.2, 0.25) is 0 Å². The monoisotopic (exact) mass is 305 g/mol. The van der Waals surface area contributed by atoms with Crippen molar-refractivity contribution in [1.29, 1.82) is 0 Å². The number of nitrogens with one attached hydrogen (secondary N) is 2. The number of aromatic nitrogens is 1. The summed E-state index contributed by atoms with van der Waals surface area (Å²) in [7, 11) is 0. The summed E-state index contributed by atoms with van der Waals surface area (Å²) >= 11 is 1.00. The van der Waals surface area contributed by atoms with Crippen LogP contribution < -0.4 is 15.9 Å². The van der Waals surface area contributed by atoms with Crippen molar-refractivity contribution in [1.82, 2.24) is 10.3 Å². The summed E-state index contributed by atoms with van der Waals surface area (Å²) in [5, 5.41) is 4.14. The summed E-state index contributed by atoms with van der Waals surface area (Å²) < 4.78 is 13.8. The summed E-state index contributed by atoms with van der Waals surface area (Å²) in [5.74, 6) is 4.08. The first kappa shape index (κ1) is 15.0. The van der Waals surface area contributed by atoms with Crippen LogP contribution in [0, 0.1) is 17.7 Å². The van der Waals surface area contributed by atoms with Crippen molar-refractivity contribution in [2.45, 2.75) is 6.54 Å². The number of carbonyl (C=O) groups is 1. The Hall–Kier alpha value is -2.43. The third kappa shape index (κ3) is 4.02. The Morgan fingerprint density at radius 3 is 2.90 bits per heavy atom. The molecule has 0 spiro atoms. The Morgan fingerprint density at radius 2 is 2.29 bits per heavy atom. The van der Waals surface area contributed by atoms with Gasteiger partial charge in [-0.3, -0.25) is 9.59 Å². The van der Waals surface area contributed by atoms with Crippen molar-refractivity contribution in [2.75, 3.05) is 6.54 Å². The Kier molecular flexibility index (Phi) is 4.87. The molecule has 1 amide bonds. The van der Waals surface area contributed by atoms with Gasteiger partial charge in [0.15, 0.2) is 0 Å². The summed E-state index contributed by atoms with van der Waals surface area (Å²) in [5.41, 5.74) is 6.18. The van der Waals surface area contributed by atoms with Crippen molar-refractivity contribution in [3.05, 3.63) is 55.9 Å². The lowest BCUT2D eigenvalue weighted by Gasteiger charge is -2.05. The number of thiazole rings is 1. The first-order chi connectivity index (χ1) is 10.1. The maximum atomic E-state index is 13.8. The average molecular weight is 305 g/mol. The molecule has 0 fully saturated rings. The Balaban J connectivity index is 2.07. The van der Waals surface area contributed by atoms with Crippen molar-refractivity contribution < 1.29 is 9.18 Å². The van der Waals surface area contributed by atoms with Crippen LogP contribution in [0.15, 0.2) is 28.4 Å². The van der Waals surface area contributed by atoms with E-state index < -0.39 is 11.7 Å². The van der Waals surface area contributed by atoms with Crippen LogP contribution in [0.4, 0.5) is 4.39 Å². The molecule has 108 valence electrons. The number of amides is 1. The maximum absolute atomic E-state index is 13.8. The van der Waals surface area contributed by atoms with E-state index in [4.69, 9.17) is 5.73 Å². The molecule has 0 unspecified atom stereocenters. The molecule has 0 atom stereocenters. The topological polar surface area (TPSA) is 88.0 Å². The number of hydrogen-bond donors (Lipinski definition) is 3. The van der Waals surface area contributed by atoms with Gasteiger partial charge in [0.2, 0.25) is 0 Å². The van der Waals surface area contributed by atoms with E-state index in [-0.39, 0.29) is 23.5 Å². The molecule has 0 saturated heterocycles. The zero-order chi connectivity index (χ0) is 15.2. The van der Waals surface area contributed by atoms with Gasteiger partial charge in [0.25, 0.3) is 5.91 Å². The van der Waals surface area contributed by atoms with Gasteiger partial charge in [0, 0.05) is 16.6 Å². The summed E-state index contributed by atoms with van der Waals surface area (Å²) in [6.07, 6.45) is 0. The number of benzene rings is 1. The molecule has 4 N–H and O–H groups in total. The maximum Gasteiger partial charge on any atom is 0.304 e. The molecule has 2 rings (SSSR count). The van der Waals surface area contributed by atoms with Gasteiger partial charge in [-0.25, -0.2) is 4.39 Å². The van der Waals surface area contributed by atoms with Gasteiger partial charge in [-0.05, 0) is 18.2 Å². The zero-order valence-corrected chi connectivity index (χ0v) is 11.7. The smallest absolute Gasteiger partial charge is 0.304 e. The van der Waals surface area contributed by atoms with Crippen molar-refractivity contribution in [2.24, 2.45) is 5.73 Å². The fourth-order valence-electron chi connectivity index (χ4n) is 1.60. The lowest BCUT2D eigenvalue weighted by Crippen LogP contribution is -2.24. The lowest BCUT2D eigenvalue weighted by atomic mass is 10.1. The van der Waals surface area contributed by atoms with E-state index in [0.717, 1.165) is 11.3 Å². The van der Waals surface area contributed by atoms with E-state index in [2.05, 4.69) is 22.1 Å². The predicted octanol–water partition coefficient (Wildman–Crippen LogP) is 0.816. The van der Waals surface area contributed by atoms with Gasteiger partial charge >= 0.3 is 4.87 Å². The molecule has 0 saturated carbocycles. The largest absolute Gasteiger partial charge is 0.346 e. The molecule has 5 nitrogen and oxygen atoms in total. The summed E-state index contributed by atoms with van der Waals surface area (Å²) in [4.78, 5) is 25.2. The third-order valence-corrected chi connectivity index (χ3v) is 3.28. The quantitative estimate of drug-likeness (QED) is 0.734. The van der Waals surface area contributed by atoms with Gasteiger partial charge < -0.3 is 16.0 Å². The molecule has 0 aliphatic carbocycles. The Bertz CT molecular complexity index is 770. The number of aromatic amines is 1. The number of hydrogen-bond acceptors (Lipinski definition) is 4. The minimum atomic E-state index is -0.657. The molecule has 0 aliphatic heterocycles. The molecule has 1 aromatic heterocycles. The Labute approximate surface area is 124 Å².